The van der Waals surface area contributed by atoms with Gasteiger partial charge in [-0.05, 0) is 24.1 Å². The van der Waals surface area contributed by atoms with Gasteiger partial charge in [0.2, 0.25) is 5.91 Å². The third kappa shape index (κ3) is 3.00. The molecular weight excluding hydrogens is 268 g/mol. The summed E-state index contributed by atoms with van der Waals surface area (Å²) in [4.78, 5) is 11.5. The molecule has 0 bridgehead atoms. The molecule has 1 amide bonds. The summed E-state index contributed by atoms with van der Waals surface area (Å²) in [5.74, 6) is 0.195. The second-order valence-corrected chi connectivity index (χ2v) is 4.68. The lowest BCUT2D eigenvalue weighted by Crippen LogP contribution is -2.27. The normalized spacial score (nSPS) is 21.9. The van der Waals surface area contributed by atoms with Crippen LogP contribution in [0.1, 0.15) is 31.2 Å². The van der Waals surface area contributed by atoms with Crippen molar-refractivity contribution < 1.29 is 23.0 Å². The van der Waals surface area contributed by atoms with Gasteiger partial charge in [0.1, 0.15) is 0 Å². The zero-order valence-corrected chi connectivity index (χ0v) is 11.4. The van der Waals surface area contributed by atoms with E-state index in [4.69, 9.17) is 4.74 Å². The molecule has 4 nitrogen and oxygen atoms in total. The van der Waals surface area contributed by atoms with E-state index in [2.05, 4.69) is 10.1 Å². The molecule has 1 saturated heterocycles. The maximum atomic E-state index is 12.4. The lowest BCUT2D eigenvalue weighted by atomic mass is 9.90. The Morgan fingerprint density at radius 1 is 1.40 bits per heavy atom. The minimum Gasteiger partial charge on any atom is -0.493 e. The minimum absolute atomic E-state index is 0.00537. The van der Waals surface area contributed by atoms with Gasteiger partial charge in [0.15, 0.2) is 11.5 Å². The van der Waals surface area contributed by atoms with Crippen LogP contribution in [0.3, 0.4) is 0 Å². The van der Waals surface area contributed by atoms with Crippen LogP contribution in [0.4, 0.5) is 8.78 Å². The summed E-state index contributed by atoms with van der Waals surface area (Å²) in [6.07, 6.45) is 1.15. The molecule has 1 aliphatic rings. The lowest BCUT2D eigenvalue weighted by molar-refractivity contribution is -0.119. The Morgan fingerprint density at radius 3 is 2.75 bits per heavy atom. The van der Waals surface area contributed by atoms with Crippen molar-refractivity contribution >= 4 is 5.91 Å². The molecule has 2 atom stereocenters. The van der Waals surface area contributed by atoms with Crippen LogP contribution < -0.4 is 14.8 Å². The molecule has 0 radical (unpaired) electrons. The molecule has 2 rings (SSSR count). The van der Waals surface area contributed by atoms with Crippen LogP contribution in [-0.4, -0.2) is 25.7 Å². The molecule has 1 aliphatic heterocycles. The van der Waals surface area contributed by atoms with E-state index >= 15 is 0 Å². The first-order chi connectivity index (χ1) is 9.55. The fraction of sp³-hybridized carbons (Fsp3) is 0.500. The Hall–Kier alpha value is -1.85. The van der Waals surface area contributed by atoms with Gasteiger partial charge in [-0.25, -0.2) is 0 Å². The Balaban J connectivity index is 2.30. The van der Waals surface area contributed by atoms with Gasteiger partial charge in [0, 0.05) is 18.4 Å². The van der Waals surface area contributed by atoms with Crippen LogP contribution in [0.25, 0.3) is 0 Å². The average Bonchev–Trinajstić information content (AvgIpc) is 2.79. The van der Waals surface area contributed by atoms with Crippen molar-refractivity contribution in [3.8, 4) is 11.5 Å². The molecule has 2 unspecified atom stereocenters. The van der Waals surface area contributed by atoms with Gasteiger partial charge in [-0.15, -0.1) is 0 Å². The van der Waals surface area contributed by atoms with Gasteiger partial charge in [0.25, 0.3) is 0 Å². The SMILES string of the molecule is CCC1NC(=O)CC1c1ccc(OC)c(OC(F)F)c1. The van der Waals surface area contributed by atoms with E-state index in [0.717, 1.165) is 12.0 Å². The van der Waals surface area contributed by atoms with Crippen LogP contribution in [0, 0.1) is 0 Å². The number of carbonyl (C=O) groups is 1. The maximum absolute atomic E-state index is 12.4. The highest BCUT2D eigenvalue weighted by molar-refractivity contribution is 5.80. The predicted octanol–water partition coefficient (Wildman–Crippen LogP) is 2.68. The first kappa shape index (κ1) is 14.6. The summed E-state index contributed by atoms with van der Waals surface area (Å²) in [5.41, 5.74) is 0.798. The molecule has 0 spiro atoms. The number of amides is 1. The standard InChI is InChI=1S/C14H17F2NO3/c1-3-10-9(7-13(18)17-10)8-4-5-11(19-2)12(6-8)20-14(15)16/h4-6,9-10,14H,3,7H2,1-2H3,(H,17,18). The highest BCUT2D eigenvalue weighted by Crippen LogP contribution is 2.36. The number of alkyl halides is 2. The second kappa shape index (κ2) is 6.07. The Kier molecular flexibility index (Phi) is 4.42. The molecule has 0 saturated carbocycles. The van der Waals surface area contributed by atoms with Crippen molar-refractivity contribution in [1.82, 2.24) is 5.32 Å². The van der Waals surface area contributed by atoms with Crippen molar-refractivity contribution in [2.75, 3.05) is 7.11 Å². The van der Waals surface area contributed by atoms with E-state index in [9.17, 15) is 13.6 Å². The van der Waals surface area contributed by atoms with E-state index in [1.807, 2.05) is 6.92 Å². The molecule has 1 aromatic rings. The summed E-state index contributed by atoms with van der Waals surface area (Å²) in [7, 11) is 1.39. The van der Waals surface area contributed by atoms with E-state index in [-0.39, 0.29) is 29.4 Å². The monoisotopic (exact) mass is 285 g/mol. The third-order valence-electron chi connectivity index (χ3n) is 3.51. The molecule has 1 aromatic carbocycles. The van der Waals surface area contributed by atoms with Crippen LogP contribution in [0.2, 0.25) is 0 Å². The summed E-state index contributed by atoms with van der Waals surface area (Å²) in [6, 6.07) is 4.92. The van der Waals surface area contributed by atoms with E-state index in [1.165, 1.54) is 13.2 Å². The summed E-state index contributed by atoms with van der Waals surface area (Å²) < 4.78 is 34.3. The first-order valence-electron chi connectivity index (χ1n) is 6.47. The van der Waals surface area contributed by atoms with Crippen molar-refractivity contribution in [2.24, 2.45) is 0 Å². The Morgan fingerprint density at radius 2 is 2.15 bits per heavy atom. The van der Waals surface area contributed by atoms with Crippen molar-refractivity contribution in [3.63, 3.8) is 0 Å². The highest BCUT2D eigenvalue weighted by Gasteiger charge is 2.32. The van der Waals surface area contributed by atoms with Gasteiger partial charge in [-0.1, -0.05) is 13.0 Å². The smallest absolute Gasteiger partial charge is 0.387 e. The number of carbonyl (C=O) groups excluding carboxylic acids is 1. The fourth-order valence-corrected chi connectivity index (χ4v) is 2.56. The highest BCUT2D eigenvalue weighted by atomic mass is 19.3. The minimum atomic E-state index is -2.91. The number of halogens is 2. The van der Waals surface area contributed by atoms with Crippen molar-refractivity contribution in [2.45, 2.75) is 38.3 Å². The molecule has 1 N–H and O–H groups in total. The van der Waals surface area contributed by atoms with Crippen LogP contribution in [0.5, 0.6) is 11.5 Å². The molecule has 1 fully saturated rings. The molecule has 0 aromatic heterocycles. The molecule has 0 aliphatic carbocycles. The number of hydrogen-bond acceptors (Lipinski definition) is 3. The summed E-state index contributed by atoms with van der Waals surface area (Å²) >= 11 is 0. The van der Waals surface area contributed by atoms with Gasteiger partial charge in [0.05, 0.1) is 7.11 Å². The van der Waals surface area contributed by atoms with Crippen LogP contribution in [-0.2, 0) is 4.79 Å². The van der Waals surface area contributed by atoms with Crippen molar-refractivity contribution in [3.05, 3.63) is 23.8 Å². The van der Waals surface area contributed by atoms with Gasteiger partial charge < -0.3 is 14.8 Å². The molecular formula is C14H17F2NO3. The average molecular weight is 285 g/mol. The number of ether oxygens (including phenoxy) is 2. The third-order valence-corrected chi connectivity index (χ3v) is 3.51. The largest absolute Gasteiger partial charge is 0.493 e. The van der Waals surface area contributed by atoms with Crippen LogP contribution in [0.15, 0.2) is 18.2 Å². The molecule has 110 valence electrons. The predicted molar refractivity (Wildman–Crippen MR) is 69.2 cm³/mol. The van der Waals surface area contributed by atoms with Gasteiger partial charge >= 0.3 is 6.61 Å². The van der Waals surface area contributed by atoms with E-state index < -0.39 is 6.61 Å². The number of benzene rings is 1. The van der Waals surface area contributed by atoms with Gasteiger partial charge in [-0.2, -0.15) is 8.78 Å². The molecule has 1 heterocycles. The Labute approximate surface area is 116 Å². The summed E-state index contributed by atoms with van der Waals surface area (Å²) in [6.45, 7) is -0.937. The van der Waals surface area contributed by atoms with Crippen LogP contribution >= 0.6 is 0 Å². The second-order valence-electron chi connectivity index (χ2n) is 4.68. The summed E-state index contributed by atoms with van der Waals surface area (Å²) in [5, 5.41) is 2.88. The van der Waals surface area contributed by atoms with Gasteiger partial charge in [-0.3, -0.25) is 4.79 Å². The van der Waals surface area contributed by atoms with Crippen molar-refractivity contribution in [1.29, 1.82) is 0 Å². The van der Waals surface area contributed by atoms with E-state index in [1.54, 1.807) is 12.1 Å². The number of nitrogens with one attached hydrogen (secondary N) is 1. The molecule has 20 heavy (non-hydrogen) atoms. The Bertz CT molecular complexity index is 493. The zero-order valence-electron chi connectivity index (χ0n) is 11.4. The number of hydrogen-bond donors (Lipinski definition) is 1. The molecule has 6 heteroatoms. The quantitative estimate of drug-likeness (QED) is 0.904. The van der Waals surface area contributed by atoms with E-state index in [0.29, 0.717) is 6.42 Å². The fourth-order valence-electron chi connectivity index (χ4n) is 2.56. The number of methoxy groups -OCH3 is 1. The lowest BCUT2D eigenvalue weighted by Gasteiger charge is -2.19. The first-order valence-corrected chi connectivity index (χ1v) is 6.47. The number of rotatable bonds is 5. The maximum Gasteiger partial charge on any atom is 0.387 e. The topological polar surface area (TPSA) is 47.6 Å². The zero-order chi connectivity index (χ0) is 14.7.